The van der Waals surface area contributed by atoms with Crippen LogP contribution in [0.2, 0.25) is 0 Å². The molecule has 3 fully saturated rings. The van der Waals surface area contributed by atoms with E-state index >= 15 is 0 Å². The molecule has 1 saturated carbocycles. The maximum Gasteiger partial charge on any atom is 0.389 e. The zero-order valence-electron chi connectivity index (χ0n) is 16.3. The van der Waals surface area contributed by atoms with Crippen molar-refractivity contribution in [1.82, 2.24) is 9.80 Å². The topological polar surface area (TPSA) is 70.1 Å². The third kappa shape index (κ3) is 4.45. The summed E-state index contributed by atoms with van der Waals surface area (Å²) in [7, 11) is 0. The Kier molecular flexibility index (Phi) is 5.96. The molecule has 2 unspecified atom stereocenters. The Hall–Kier alpha value is -1.35. The van der Waals surface area contributed by atoms with Crippen molar-refractivity contribution in [3.05, 3.63) is 0 Å². The minimum atomic E-state index is -4.36. The summed E-state index contributed by atoms with van der Waals surface area (Å²) < 4.78 is 42.8. The Labute approximate surface area is 163 Å². The monoisotopic (exact) mass is 406 g/mol. The van der Waals surface area contributed by atoms with E-state index in [0.29, 0.717) is 19.4 Å². The van der Waals surface area contributed by atoms with E-state index < -0.39 is 35.9 Å². The third-order valence-electron chi connectivity index (χ3n) is 6.59. The number of hydrogen-bond acceptors (Lipinski definition) is 4. The first kappa shape index (κ1) is 21.4. The molecular formula is C19H29F3N2O4. The van der Waals surface area contributed by atoms with Gasteiger partial charge in [0.15, 0.2) is 0 Å². The van der Waals surface area contributed by atoms with Crippen molar-refractivity contribution in [2.24, 2.45) is 5.41 Å². The molecule has 6 nitrogen and oxygen atoms in total. The highest BCUT2D eigenvalue weighted by Crippen LogP contribution is 2.51. The predicted molar refractivity (Wildman–Crippen MR) is 94.3 cm³/mol. The molecule has 1 N–H and O–H groups in total. The van der Waals surface area contributed by atoms with Crippen molar-refractivity contribution in [3.63, 3.8) is 0 Å². The van der Waals surface area contributed by atoms with Crippen LogP contribution in [0.25, 0.3) is 0 Å². The molecule has 28 heavy (non-hydrogen) atoms. The van der Waals surface area contributed by atoms with Crippen LogP contribution in [0, 0.1) is 5.41 Å². The summed E-state index contributed by atoms with van der Waals surface area (Å²) >= 11 is 0. The molecule has 0 aromatic heterocycles. The molecule has 1 spiro atoms. The molecule has 160 valence electrons. The first-order chi connectivity index (χ1) is 13.0. The van der Waals surface area contributed by atoms with Crippen molar-refractivity contribution in [2.45, 2.75) is 69.8 Å². The second-order valence-electron chi connectivity index (χ2n) is 8.60. The van der Waals surface area contributed by atoms with Crippen LogP contribution in [-0.2, 0) is 14.3 Å². The largest absolute Gasteiger partial charge is 0.389 e. The standard InChI is InChI=1S/C19H29F3N2O4/c1-14-10-24(16(26)11-28-14)13-18(27)8-9-23(12-17(18)5-2-3-6-17)15(25)4-7-19(20,21)22/h14,27H,2-13H2,1H3. The molecule has 0 bridgehead atoms. The average molecular weight is 406 g/mol. The number of likely N-dealkylation sites (tertiary alicyclic amines) is 1. The maximum absolute atomic E-state index is 12.5. The van der Waals surface area contributed by atoms with E-state index in [4.69, 9.17) is 4.74 Å². The summed E-state index contributed by atoms with van der Waals surface area (Å²) in [6, 6.07) is 0. The summed E-state index contributed by atoms with van der Waals surface area (Å²) in [5.41, 5.74) is -1.71. The molecule has 3 rings (SSSR count). The fourth-order valence-corrected chi connectivity index (χ4v) is 4.96. The Balaban J connectivity index is 1.71. The number of aliphatic hydroxyl groups is 1. The van der Waals surface area contributed by atoms with Gasteiger partial charge in [0, 0.05) is 31.5 Å². The minimum absolute atomic E-state index is 0.00764. The van der Waals surface area contributed by atoms with E-state index in [9.17, 15) is 27.9 Å². The molecule has 0 aromatic rings. The van der Waals surface area contributed by atoms with Crippen molar-refractivity contribution < 1.29 is 32.6 Å². The van der Waals surface area contributed by atoms with Crippen molar-refractivity contribution >= 4 is 11.8 Å². The van der Waals surface area contributed by atoms with Crippen molar-refractivity contribution in [2.75, 3.05) is 32.8 Å². The number of carbonyl (C=O) groups is 2. The molecule has 3 aliphatic rings. The number of nitrogens with zero attached hydrogens (tertiary/aromatic N) is 2. The fraction of sp³-hybridized carbons (Fsp3) is 0.895. The number of alkyl halides is 3. The van der Waals surface area contributed by atoms with E-state index in [0.717, 1.165) is 12.8 Å². The van der Waals surface area contributed by atoms with E-state index in [1.807, 2.05) is 6.92 Å². The quantitative estimate of drug-likeness (QED) is 0.776. The number of morpholine rings is 1. The summed E-state index contributed by atoms with van der Waals surface area (Å²) in [5.74, 6) is -0.676. The highest BCUT2D eigenvalue weighted by Gasteiger charge is 2.56. The Bertz CT molecular complexity index is 606. The van der Waals surface area contributed by atoms with E-state index in [1.165, 1.54) is 4.90 Å². The van der Waals surface area contributed by atoms with Gasteiger partial charge in [-0.1, -0.05) is 12.8 Å². The van der Waals surface area contributed by atoms with Gasteiger partial charge in [-0.3, -0.25) is 9.59 Å². The van der Waals surface area contributed by atoms with Crippen LogP contribution in [0.1, 0.15) is 51.9 Å². The Morgan fingerprint density at radius 3 is 2.61 bits per heavy atom. The lowest BCUT2D eigenvalue weighted by Crippen LogP contribution is -2.65. The lowest BCUT2D eigenvalue weighted by atomic mass is 9.65. The first-order valence-corrected chi connectivity index (χ1v) is 10.00. The molecule has 0 radical (unpaired) electrons. The van der Waals surface area contributed by atoms with Gasteiger partial charge in [0.1, 0.15) is 6.61 Å². The lowest BCUT2D eigenvalue weighted by Gasteiger charge is -2.54. The Morgan fingerprint density at radius 1 is 1.29 bits per heavy atom. The van der Waals surface area contributed by atoms with Gasteiger partial charge < -0.3 is 19.6 Å². The van der Waals surface area contributed by atoms with Gasteiger partial charge >= 0.3 is 6.18 Å². The SMILES string of the molecule is CC1CN(CC2(O)CCN(C(=O)CCC(F)(F)F)CC23CCCC3)C(=O)CO1. The van der Waals surface area contributed by atoms with Gasteiger partial charge in [0.25, 0.3) is 0 Å². The molecule has 2 aliphatic heterocycles. The first-order valence-electron chi connectivity index (χ1n) is 10.00. The molecule has 2 saturated heterocycles. The molecule has 9 heteroatoms. The average Bonchev–Trinajstić information content (AvgIpc) is 3.08. The highest BCUT2D eigenvalue weighted by atomic mass is 19.4. The second-order valence-corrected chi connectivity index (χ2v) is 8.60. The van der Waals surface area contributed by atoms with Gasteiger partial charge in [-0.2, -0.15) is 13.2 Å². The maximum atomic E-state index is 12.5. The number of rotatable bonds is 4. The lowest BCUT2D eigenvalue weighted by molar-refractivity contribution is -0.178. The van der Waals surface area contributed by atoms with Crippen LogP contribution in [0.5, 0.6) is 0 Å². The van der Waals surface area contributed by atoms with Crippen LogP contribution < -0.4 is 0 Å². The van der Waals surface area contributed by atoms with Gasteiger partial charge in [-0.05, 0) is 26.2 Å². The summed E-state index contributed by atoms with van der Waals surface area (Å²) in [5, 5.41) is 11.6. The molecule has 2 amide bonds. The van der Waals surface area contributed by atoms with Crippen molar-refractivity contribution in [3.8, 4) is 0 Å². The van der Waals surface area contributed by atoms with Gasteiger partial charge in [0.05, 0.1) is 24.7 Å². The van der Waals surface area contributed by atoms with Crippen LogP contribution in [0.3, 0.4) is 0 Å². The summed E-state index contributed by atoms with van der Waals surface area (Å²) in [6.45, 7) is 2.93. The number of β-amino-alcohol motifs (C(OH)–C–C–N with tert-alkyl or cyclic N) is 1. The van der Waals surface area contributed by atoms with Crippen LogP contribution in [0.4, 0.5) is 13.2 Å². The van der Waals surface area contributed by atoms with Crippen molar-refractivity contribution in [1.29, 1.82) is 0 Å². The minimum Gasteiger partial charge on any atom is -0.387 e. The molecule has 2 atom stereocenters. The third-order valence-corrected chi connectivity index (χ3v) is 6.59. The molecule has 0 aromatic carbocycles. The molecule has 2 heterocycles. The second kappa shape index (κ2) is 7.82. The number of halogens is 3. The van der Waals surface area contributed by atoms with E-state index in [1.54, 1.807) is 4.90 Å². The van der Waals surface area contributed by atoms with E-state index in [2.05, 4.69) is 0 Å². The van der Waals surface area contributed by atoms with Gasteiger partial charge in [-0.15, -0.1) is 0 Å². The summed E-state index contributed by atoms with van der Waals surface area (Å²) in [4.78, 5) is 27.7. The van der Waals surface area contributed by atoms with Crippen LogP contribution >= 0.6 is 0 Å². The number of piperidine rings is 1. The smallest absolute Gasteiger partial charge is 0.387 e. The Morgan fingerprint density at radius 2 is 1.96 bits per heavy atom. The predicted octanol–water partition coefficient (Wildman–Crippen LogP) is 2.10. The highest BCUT2D eigenvalue weighted by molar-refractivity contribution is 5.78. The zero-order valence-corrected chi connectivity index (χ0v) is 16.3. The van der Waals surface area contributed by atoms with Crippen LogP contribution in [0.15, 0.2) is 0 Å². The number of ether oxygens (including phenoxy) is 1. The molecule has 1 aliphatic carbocycles. The molecular weight excluding hydrogens is 377 g/mol. The van der Waals surface area contributed by atoms with E-state index in [-0.39, 0.29) is 44.7 Å². The summed E-state index contributed by atoms with van der Waals surface area (Å²) in [6.07, 6.45) is -2.65. The fourth-order valence-electron chi connectivity index (χ4n) is 4.96. The number of hydrogen-bond donors (Lipinski definition) is 1. The van der Waals surface area contributed by atoms with Crippen LogP contribution in [-0.4, -0.2) is 77.4 Å². The normalized spacial score (nSPS) is 30.9. The van der Waals surface area contributed by atoms with Gasteiger partial charge in [-0.25, -0.2) is 0 Å². The number of amides is 2. The number of carbonyl (C=O) groups excluding carboxylic acids is 2. The zero-order chi connectivity index (χ0) is 20.6. The van der Waals surface area contributed by atoms with Gasteiger partial charge in [0.2, 0.25) is 11.8 Å².